The fourth-order valence-corrected chi connectivity index (χ4v) is 3.39. The van der Waals surface area contributed by atoms with Gasteiger partial charge in [0.1, 0.15) is 5.76 Å². The Kier molecular flexibility index (Phi) is 5.06. The molecule has 0 fully saturated rings. The lowest BCUT2D eigenvalue weighted by Gasteiger charge is -2.25. The summed E-state index contributed by atoms with van der Waals surface area (Å²) in [6.07, 6.45) is 4.19. The molecule has 2 aromatic carbocycles. The molecule has 1 amide bonds. The Morgan fingerprint density at radius 2 is 1.71 bits per heavy atom. The SMILES string of the molecule is O=C(Nc1ccccc1)C1=C(O)C[C@@H](c2ccoc2)CC1=Nc1ccccc1. The number of benzene rings is 2. The smallest absolute Gasteiger partial charge is 0.260 e. The third-order valence-electron chi connectivity index (χ3n) is 4.75. The lowest BCUT2D eigenvalue weighted by atomic mass is 9.82. The minimum absolute atomic E-state index is 0.00878. The van der Waals surface area contributed by atoms with Crippen molar-refractivity contribution in [2.45, 2.75) is 18.8 Å². The largest absolute Gasteiger partial charge is 0.511 e. The molecule has 1 atom stereocenters. The summed E-state index contributed by atoms with van der Waals surface area (Å²) in [5, 5.41) is 13.6. The molecule has 0 saturated carbocycles. The normalized spacial score (nSPS) is 18.3. The van der Waals surface area contributed by atoms with Crippen LogP contribution < -0.4 is 5.32 Å². The molecule has 0 radical (unpaired) electrons. The number of hydrogen-bond acceptors (Lipinski definition) is 4. The van der Waals surface area contributed by atoms with E-state index in [-0.39, 0.29) is 23.2 Å². The molecule has 28 heavy (non-hydrogen) atoms. The number of amides is 1. The maximum absolute atomic E-state index is 12.9. The number of carbonyl (C=O) groups is 1. The van der Waals surface area contributed by atoms with Gasteiger partial charge < -0.3 is 14.8 Å². The fraction of sp³-hybridized carbons (Fsp3) is 0.130. The summed E-state index contributed by atoms with van der Waals surface area (Å²) in [6.45, 7) is 0. The zero-order valence-electron chi connectivity index (χ0n) is 15.2. The highest BCUT2D eigenvalue weighted by Gasteiger charge is 2.31. The van der Waals surface area contributed by atoms with Gasteiger partial charge in [-0.25, -0.2) is 0 Å². The van der Waals surface area contributed by atoms with Gasteiger partial charge in [0.2, 0.25) is 0 Å². The van der Waals surface area contributed by atoms with Gasteiger partial charge in [-0.2, -0.15) is 0 Å². The van der Waals surface area contributed by atoms with Crippen molar-refractivity contribution < 1.29 is 14.3 Å². The van der Waals surface area contributed by atoms with E-state index in [1.165, 1.54) is 0 Å². The predicted molar refractivity (Wildman–Crippen MR) is 109 cm³/mol. The van der Waals surface area contributed by atoms with Gasteiger partial charge in [0.05, 0.1) is 29.5 Å². The maximum atomic E-state index is 12.9. The summed E-state index contributed by atoms with van der Waals surface area (Å²) in [7, 11) is 0. The van der Waals surface area contributed by atoms with Crippen LogP contribution in [-0.4, -0.2) is 16.7 Å². The zero-order chi connectivity index (χ0) is 19.3. The quantitative estimate of drug-likeness (QED) is 0.645. The third kappa shape index (κ3) is 3.88. The number of furan rings is 1. The number of aliphatic hydroxyl groups excluding tert-OH is 1. The van der Waals surface area contributed by atoms with Crippen molar-refractivity contribution in [3.63, 3.8) is 0 Å². The second-order valence-electron chi connectivity index (χ2n) is 6.70. The summed E-state index contributed by atoms with van der Waals surface area (Å²) in [6, 6.07) is 20.5. The molecule has 0 saturated heterocycles. The topological polar surface area (TPSA) is 74.8 Å². The second-order valence-corrected chi connectivity index (χ2v) is 6.70. The van der Waals surface area contributed by atoms with Crippen LogP contribution in [0.4, 0.5) is 11.4 Å². The average Bonchev–Trinajstić information content (AvgIpc) is 3.24. The molecule has 0 unspecified atom stereocenters. The summed E-state index contributed by atoms with van der Waals surface area (Å²) in [5.41, 5.74) is 3.20. The van der Waals surface area contributed by atoms with Crippen LogP contribution in [0.5, 0.6) is 0 Å². The number of nitrogens with one attached hydrogen (secondary N) is 1. The van der Waals surface area contributed by atoms with Crippen molar-refractivity contribution in [2.24, 2.45) is 4.99 Å². The average molecular weight is 372 g/mol. The van der Waals surface area contributed by atoms with E-state index >= 15 is 0 Å². The predicted octanol–water partition coefficient (Wildman–Crippen LogP) is 5.38. The van der Waals surface area contributed by atoms with Crippen molar-refractivity contribution >= 4 is 23.0 Å². The van der Waals surface area contributed by atoms with E-state index in [0.717, 1.165) is 11.3 Å². The minimum atomic E-state index is -0.357. The highest BCUT2D eigenvalue weighted by molar-refractivity contribution is 6.26. The molecule has 5 nitrogen and oxygen atoms in total. The number of anilines is 1. The van der Waals surface area contributed by atoms with Gasteiger partial charge in [0, 0.05) is 12.1 Å². The van der Waals surface area contributed by atoms with Crippen molar-refractivity contribution in [3.8, 4) is 0 Å². The molecule has 1 aliphatic rings. The van der Waals surface area contributed by atoms with Gasteiger partial charge in [-0.15, -0.1) is 0 Å². The first kappa shape index (κ1) is 17.8. The zero-order valence-corrected chi connectivity index (χ0v) is 15.2. The van der Waals surface area contributed by atoms with Crippen LogP contribution in [0.1, 0.15) is 24.3 Å². The molecule has 1 aromatic heterocycles. The summed E-state index contributed by atoms with van der Waals surface area (Å²) < 4.78 is 5.19. The Hall–Kier alpha value is -3.60. The van der Waals surface area contributed by atoms with E-state index in [4.69, 9.17) is 4.42 Å². The Morgan fingerprint density at radius 3 is 2.39 bits per heavy atom. The first-order chi connectivity index (χ1) is 13.7. The standard InChI is InChI=1S/C23H20N2O3/c26-21-14-17(16-11-12-28-15-16)13-20(24-18-7-3-1-4-8-18)22(21)23(27)25-19-9-5-2-6-10-19/h1-12,15,17,26H,13-14H2,(H,25,27)/t17-/m0/s1. The van der Waals surface area contributed by atoms with Gasteiger partial charge in [-0.3, -0.25) is 9.79 Å². The summed E-state index contributed by atoms with van der Waals surface area (Å²) in [5.74, 6) is -0.306. The monoisotopic (exact) mass is 372 g/mol. The highest BCUT2D eigenvalue weighted by Crippen LogP contribution is 2.35. The summed E-state index contributed by atoms with van der Waals surface area (Å²) >= 11 is 0. The maximum Gasteiger partial charge on any atom is 0.260 e. The van der Waals surface area contributed by atoms with Crippen LogP contribution in [0.15, 0.2) is 100.0 Å². The van der Waals surface area contributed by atoms with E-state index < -0.39 is 0 Å². The number of carbonyl (C=O) groups excluding carboxylic acids is 1. The Balaban J connectivity index is 1.70. The Morgan fingerprint density at radius 1 is 1.00 bits per heavy atom. The number of allylic oxidation sites excluding steroid dienone is 1. The first-order valence-electron chi connectivity index (χ1n) is 9.14. The molecule has 1 heterocycles. The van der Waals surface area contributed by atoms with Crippen molar-refractivity contribution in [3.05, 3.63) is 96.2 Å². The molecular weight excluding hydrogens is 352 g/mol. The molecule has 0 aliphatic heterocycles. The van der Waals surface area contributed by atoms with Crippen LogP contribution in [0.2, 0.25) is 0 Å². The fourth-order valence-electron chi connectivity index (χ4n) is 3.39. The lowest BCUT2D eigenvalue weighted by molar-refractivity contribution is -0.112. The summed E-state index contributed by atoms with van der Waals surface area (Å²) in [4.78, 5) is 17.6. The molecule has 2 N–H and O–H groups in total. The van der Waals surface area contributed by atoms with Crippen LogP contribution in [-0.2, 0) is 4.79 Å². The number of hydrogen-bond donors (Lipinski definition) is 2. The van der Waals surface area contributed by atoms with Crippen molar-refractivity contribution in [1.82, 2.24) is 0 Å². The molecular formula is C23H20N2O3. The number of nitrogens with zero attached hydrogens (tertiary/aromatic N) is 1. The van der Waals surface area contributed by atoms with E-state index in [1.54, 1.807) is 24.7 Å². The van der Waals surface area contributed by atoms with Crippen LogP contribution in [0.3, 0.4) is 0 Å². The van der Waals surface area contributed by atoms with E-state index in [9.17, 15) is 9.90 Å². The van der Waals surface area contributed by atoms with Crippen molar-refractivity contribution in [2.75, 3.05) is 5.32 Å². The van der Waals surface area contributed by atoms with E-state index in [0.29, 0.717) is 24.2 Å². The molecule has 0 bridgehead atoms. The van der Waals surface area contributed by atoms with Crippen LogP contribution in [0, 0.1) is 0 Å². The molecule has 0 spiro atoms. The van der Waals surface area contributed by atoms with Gasteiger partial charge in [-0.05, 0) is 48.2 Å². The van der Waals surface area contributed by atoms with Gasteiger partial charge in [0.25, 0.3) is 5.91 Å². The number of aliphatic imine (C=N–C) groups is 1. The van der Waals surface area contributed by atoms with Gasteiger partial charge >= 0.3 is 0 Å². The number of aliphatic hydroxyl groups is 1. The third-order valence-corrected chi connectivity index (χ3v) is 4.75. The molecule has 3 aromatic rings. The Labute approximate surface area is 163 Å². The van der Waals surface area contributed by atoms with E-state index in [2.05, 4.69) is 10.3 Å². The first-order valence-corrected chi connectivity index (χ1v) is 9.14. The Bertz CT molecular complexity index is 1010. The molecule has 1 aliphatic carbocycles. The number of rotatable bonds is 4. The van der Waals surface area contributed by atoms with Crippen LogP contribution >= 0.6 is 0 Å². The van der Waals surface area contributed by atoms with Gasteiger partial charge in [-0.1, -0.05) is 36.4 Å². The van der Waals surface area contributed by atoms with Crippen LogP contribution in [0.25, 0.3) is 0 Å². The second kappa shape index (κ2) is 7.96. The molecule has 5 heteroatoms. The molecule has 140 valence electrons. The van der Waals surface area contributed by atoms with E-state index in [1.807, 2.05) is 54.6 Å². The molecule has 4 rings (SSSR count). The van der Waals surface area contributed by atoms with Crippen molar-refractivity contribution in [1.29, 1.82) is 0 Å². The minimum Gasteiger partial charge on any atom is -0.511 e. The lowest BCUT2D eigenvalue weighted by Crippen LogP contribution is -2.27. The highest BCUT2D eigenvalue weighted by atomic mass is 16.3. The number of para-hydroxylation sites is 2. The van der Waals surface area contributed by atoms with Gasteiger partial charge in [0.15, 0.2) is 0 Å².